The van der Waals surface area contributed by atoms with E-state index in [-0.39, 0.29) is 22.4 Å². The first-order valence-electron chi connectivity index (χ1n) is 9.23. The van der Waals surface area contributed by atoms with Crippen LogP contribution >= 0.6 is 11.6 Å². The Bertz CT molecular complexity index is 1050. The second-order valence-corrected chi connectivity index (χ2v) is 9.74. The van der Waals surface area contributed by atoms with Crippen LogP contribution in [-0.2, 0) is 16.6 Å². The van der Waals surface area contributed by atoms with Crippen molar-refractivity contribution in [3.8, 4) is 6.07 Å². The first-order valence-corrected chi connectivity index (χ1v) is 11.0. The zero-order valence-corrected chi connectivity index (χ0v) is 18.5. The van der Waals surface area contributed by atoms with Gasteiger partial charge in [-0.15, -0.1) is 0 Å². The summed E-state index contributed by atoms with van der Waals surface area (Å²) in [4.78, 5) is -0.118. The van der Waals surface area contributed by atoms with E-state index in [0.29, 0.717) is 5.02 Å². The van der Waals surface area contributed by atoms with Gasteiger partial charge in [0.1, 0.15) is 5.82 Å². The summed E-state index contributed by atoms with van der Waals surface area (Å²) in [7, 11) is -4.29. The summed E-state index contributed by atoms with van der Waals surface area (Å²) < 4.78 is 42.6. The lowest BCUT2D eigenvalue weighted by Gasteiger charge is -2.48. The summed E-state index contributed by atoms with van der Waals surface area (Å²) in [5, 5.41) is 30.4. The van der Waals surface area contributed by atoms with Gasteiger partial charge in [0.05, 0.1) is 34.3 Å². The summed E-state index contributed by atoms with van der Waals surface area (Å²) in [5.41, 5.74) is -3.22. The minimum atomic E-state index is -4.29. The molecule has 2 rings (SSSR count). The highest BCUT2D eigenvalue weighted by Gasteiger charge is 2.51. The maximum absolute atomic E-state index is 14.6. The Morgan fingerprint density at radius 3 is 2.27 bits per heavy atom. The summed E-state index contributed by atoms with van der Waals surface area (Å²) in [5.74, 6) is -0.762. The maximum Gasteiger partial charge on any atom is 0.244 e. The van der Waals surface area contributed by atoms with Crippen molar-refractivity contribution in [2.45, 2.75) is 49.8 Å². The van der Waals surface area contributed by atoms with E-state index in [1.165, 1.54) is 50.2 Å². The van der Waals surface area contributed by atoms with E-state index in [9.17, 15) is 23.0 Å². The van der Waals surface area contributed by atoms with E-state index in [4.69, 9.17) is 16.9 Å². The highest BCUT2D eigenvalue weighted by molar-refractivity contribution is 7.89. The Kier molecular flexibility index (Phi) is 7.28. The third-order valence-electron chi connectivity index (χ3n) is 5.60. The van der Waals surface area contributed by atoms with Crippen molar-refractivity contribution in [3.05, 3.63) is 64.4 Å². The van der Waals surface area contributed by atoms with Gasteiger partial charge in [-0.1, -0.05) is 24.6 Å². The molecule has 0 aliphatic rings. The van der Waals surface area contributed by atoms with E-state index in [1.807, 2.05) is 6.07 Å². The number of rotatable bonds is 8. The van der Waals surface area contributed by atoms with Gasteiger partial charge in [-0.05, 0) is 56.7 Å². The van der Waals surface area contributed by atoms with Gasteiger partial charge < -0.3 is 10.2 Å². The summed E-state index contributed by atoms with van der Waals surface area (Å²) in [6.45, 7) is 3.31. The Hall–Kier alpha value is -2.02. The van der Waals surface area contributed by atoms with Crippen LogP contribution in [0.1, 0.15) is 38.3 Å². The molecule has 30 heavy (non-hydrogen) atoms. The van der Waals surface area contributed by atoms with Crippen molar-refractivity contribution >= 4 is 21.6 Å². The van der Waals surface area contributed by atoms with Gasteiger partial charge in [0, 0.05) is 17.1 Å². The van der Waals surface area contributed by atoms with Gasteiger partial charge in [-0.2, -0.15) is 9.57 Å². The van der Waals surface area contributed by atoms with Crippen LogP contribution in [0.25, 0.3) is 0 Å². The number of nitrogens with zero attached hydrogens (tertiary/aromatic N) is 2. The molecule has 0 aromatic heterocycles. The van der Waals surface area contributed by atoms with Gasteiger partial charge in [0.15, 0.2) is 0 Å². The van der Waals surface area contributed by atoms with Crippen LogP contribution in [0.5, 0.6) is 0 Å². The van der Waals surface area contributed by atoms with E-state index in [1.54, 1.807) is 6.92 Å². The van der Waals surface area contributed by atoms with Crippen molar-refractivity contribution in [3.63, 3.8) is 0 Å². The van der Waals surface area contributed by atoms with Gasteiger partial charge >= 0.3 is 0 Å². The molecule has 0 radical (unpaired) electrons. The van der Waals surface area contributed by atoms with Crippen LogP contribution in [0.15, 0.2) is 47.4 Å². The molecule has 0 fully saturated rings. The molecule has 9 heteroatoms. The number of aliphatic hydroxyl groups excluding tert-OH is 1. The third-order valence-corrected chi connectivity index (χ3v) is 7.84. The highest BCUT2D eigenvalue weighted by Crippen LogP contribution is 2.37. The minimum absolute atomic E-state index is 0.00174. The minimum Gasteiger partial charge on any atom is -0.394 e. The number of hydrogen-bond acceptors (Lipinski definition) is 5. The van der Waals surface area contributed by atoms with Crippen LogP contribution in [0.3, 0.4) is 0 Å². The molecule has 0 heterocycles. The molecule has 0 aliphatic heterocycles. The molecule has 0 aliphatic carbocycles. The van der Waals surface area contributed by atoms with Gasteiger partial charge in [-0.3, -0.25) is 0 Å². The molecule has 2 atom stereocenters. The first-order chi connectivity index (χ1) is 13.9. The molecule has 162 valence electrons. The van der Waals surface area contributed by atoms with E-state index in [2.05, 4.69) is 0 Å². The molecule has 0 saturated carbocycles. The van der Waals surface area contributed by atoms with Crippen molar-refractivity contribution in [1.29, 1.82) is 5.26 Å². The van der Waals surface area contributed by atoms with Crippen molar-refractivity contribution in [1.82, 2.24) is 4.31 Å². The Morgan fingerprint density at radius 2 is 1.80 bits per heavy atom. The summed E-state index contributed by atoms with van der Waals surface area (Å²) in [6, 6.07) is 10.9. The number of hydrogen-bond donors (Lipinski definition) is 2. The van der Waals surface area contributed by atoms with Crippen molar-refractivity contribution in [2.75, 3.05) is 6.61 Å². The third kappa shape index (κ3) is 4.51. The Balaban J connectivity index is 2.69. The molecular weight excluding hydrogens is 431 g/mol. The quantitative estimate of drug-likeness (QED) is 0.636. The average molecular weight is 455 g/mol. The molecule has 2 aromatic carbocycles. The molecule has 0 spiro atoms. The lowest BCUT2D eigenvalue weighted by atomic mass is 9.81. The van der Waals surface area contributed by atoms with Crippen LogP contribution in [-0.4, -0.2) is 40.7 Å². The SMILES string of the molecule is CCC(C)(O)C(C)(CO)N(Cc1ccc(C#N)cc1F)S(=O)(=O)c1ccc(Cl)cc1. The monoisotopic (exact) mass is 454 g/mol. The molecule has 6 nitrogen and oxygen atoms in total. The van der Waals surface area contributed by atoms with Crippen LogP contribution < -0.4 is 0 Å². The summed E-state index contributed by atoms with van der Waals surface area (Å²) >= 11 is 5.87. The van der Waals surface area contributed by atoms with Crippen LogP contribution in [0, 0.1) is 17.1 Å². The zero-order chi connectivity index (χ0) is 22.7. The lowest BCUT2D eigenvalue weighted by molar-refractivity contribution is -0.0927. The maximum atomic E-state index is 14.6. The largest absolute Gasteiger partial charge is 0.394 e. The second-order valence-electron chi connectivity index (χ2n) is 7.44. The Morgan fingerprint density at radius 1 is 1.20 bits per heavy atom. The molecule has 0 amide bonds. The van der Waals surface area contributed by atoms with E-state index >= 15 is 0 Å². The number of nitriles is 1. The molecule has 0 saturated heterocycles. The van der Waals surface area contributed by atoms with E-state index in [0.717, 1.165) is 10.4 Å². The predicted octanol–water partition coefficient (Wildman–Crippen LogP) is 3.45. The van der Waals surface area contributed by atoms with Gasteiger partial charge in [-0.25, -0.2) is 12.8 Å². The second kappa shape index (κ2) is 9.00. The van der Waals surface area contributed by atoms with Gasteiger partial charge in [0.25, 0.3) is 0 Å². The fraction of sp³-hybridized carbons (Fsp3) is 0.381. The number of halogens is 2. The van der Waals surface area contributed by atoms with Gasteiger partial charge in [0.2, 0.25) is 10.0 Å². The number of aliphatic hydroxyl groups is 2. The topological polar surface area (TPSA) is 102 Å². The standard InChI is InChI=1S/C21H24ClFN2O4S/c1-4-21(3,27)20(2,14-26)25(13-16-6-5-15(12-24)11-19(16)23)30(28,29)18-9-7-17(22)8-10-18/h5-11,26-27H,4,13-14H2,1-3H3. The number of sulfonamides is 1. The normalized spacial score (nSPS) is 16.0. The smallest absolute Gasteiger partial charge is 0.244 e. The van der Waals surface area contributed by atoms with Crippen LogP contribution in [0.4, 0.5) is 4.39 Å². The molecule has 2 aromatic rings. The fourth-order valence-corrected chi connectivity index (χ4v) is 5.01. The molecule has 0 bridgehead atoms. The predicted molar refractivity (Wildman–Crippen MR) is 112 cm³/mol. The van der Waals surface area contributed by atoms with Crippen LogP contribution in [0.2, 0.25) is 5.02 Å². The molecule has 2 N–H and O–H groups in total. The van der Waals surface area contributed by atoms with Crippen molar-refractivity contribution < 1.29 is 23.0 Å². The fourth-order valence-electron chi connectivity index (χ4n) is 3.06. The molecular formula is C21H24ClFN2O4S. The average Bonchev–Trinajstić information content (AvgIpc) is 2.72. The number of benzene rings is 2. The highest BCUT2D eigenvalue weighted by atomic mass is 35.5. The van der Waals surface area contributed by atoms with Crippen molar-refractivity contribution in [2.24, 2.45) is 0 Å². The lowest BCUT2D eigenvalue weighted by Crippen LogP contribution is -2.64. The Labute approximate surface area is 181 Å². The molecule has 2 unspecified atom stereocenters. The summed E-state index contributed by atoms with van der Waals surface area (Å²) in [6.07, 6.45) is 0.131. The zero-order valence-electron chi connectivity index (χ0n) is 16.9. The van der Waals surface area contributed by atoms with E-state index < -0.39 is 40.1 Å². The first kappa shape index (κ1) is 24.3.